The number of carbonyl (C=O) groups is 1. The van der Waals surface area contributed by atoms with Gasteiger partial charge in [0.25, 0.3) is 0 Å². The molecule has 1 N–H and O–H groups in total. The van der Waals surface area contributed by atoms with Crippen molar-refractivity contribution in [2.24, 2.45) is 7.05 Å². The summed E-state index contributed by atoms with van der Waals surface area (Å²) in [6.45, 7) is 6.96. The first kappa shape index (κ1) is 22.8. The summed E-state index contributed by atoms with van der Waals surface area (Å²) in [6, 6.07) is 6.45. The molecule has 0 aliphatic carbocycles. The predicted molar refractivity (Wildman–Crippen MR) is 118 cm³/mol. The molecule has 2 heterocycles. The number of piperidine rings is 1. The van der Waals surface area contributed by atoms with Crippen molar-refractivity contribution in [2.45, 2.75) is 61.3 Å². The van der Waals surface area contributed by atoms with Crippen molar-refractivity contribution in [1.82, 2.24) is 19.1 Å². The third-order valence-corrected chi connectivity index (χ3v) is 8.12. The molecule has 8 nitrogen and oxygen atoms in total. The second-order valence-corrected chi connectivity index (χ2v) is 11.0. The van der Waals surface area contributed by atoms with Gasteiger partial charge in [-0.1, -0.05) is 38.1 Å². The number of anilines is 1. The van der Waals surface area contributed by atoms with Gasteiger partial charge in [0.15, 0.2) is 5.16 Å². The van der Waals surface area contributed by atoms with E-state index in [0.29, 0.717) is 23.9 Å². The Hall–Kier alpha value is -1.91. The number of amides is 1. The fraction of sp³-hybridized carbons (Fsp3) is 0.550. The quantitative estimate of drug-likeness (QED) is 0.649. The van der Waals surface area contributed by atoms with Gasteiger partial charge in [-0.05, 0) is 38.0 Å². The summed E-state index contributed by atoms with van der Waals surface area (Å²) in [5.74, 6) is 0.882. The SMILES string of the molecule is CC(Sc1nnc(C(C)C)n1C)C(=O)Nc1cccc(S(=O)(=O)N2CCCCC2)c1. The Labute approximate surface area is 182 Å². The summed E-state index contributed by atoms with van der Waals surface area (Å²) < 4.78 is 29.2. The van der Waals surface area contributed by atoms with Crippen LogP contribution in [0.1, 0.15) is 51.8 Å². The Kier molecular flexibility index (Phi) is 7.20. The number of hydrogen-bond acceptors (Lipinski definition) is 6. The van der Waals surface area contributed by atoms with Gasteiger partial charge in [-0.2, -0.15) is 4.31 Å². The highest BCUT2D eigenvalue weighted by atomic mass is 32.2. The summed E-state index contributed by atoms with van der Waals surface area (Å²) in [5, 5.41) is 11.4. The molecule has 1 atom stereocenters. The zero-order valence-corrected chi connectivity index (χ0v) is 19.5. The van der Waals surface area contributed by atoms with Gasteiger partial charge >= 0.3 is 0 Å². The highest BCUT2D eigenvalue weighted by molar-refractivity contribution is 8.00. The molecule has 1 aromatic heterocycles. The fourth-order valence-corrected chi connectivity index (χ4v) is 5.76. The molecule has 164 valence electrons. The van der Waals surface area contributed by atoms with Crippen molar-refractivity contribution in [3.05, 3.63) is 30.1 Å². The first-order valence-electron chi connectivity index (χ1n) is 10.2. The molecule has 10 heteroatoms. The molecule has 1 unspecified atom stereocenters. The Balaban J connectivity index is 1.69. The van der Waals surface area contributed by atoms with Gasteiger partial charge in [0.2, 0.25) is 15.9 Å². The number of nitrogens with one attached hydrogen (secondary N) is 1. The smallest absolute Gasteiger partial charge is 0.243 e. The molecule has 1 saturated heterocycles. The summed E-state index contributed by atoms with van der Waals surface area (Å²) in [4.78, 5) is 12.9. The van der Waals surface area contributed by atoms with Crippen molar-refractivity contribution in [3.63, 3.8) is 0 Å². The van der Waals surface area contributed by atoms with E-state index in [9.17, 15) is 13.2 Å². The molecular weight excluding hydrogens is 422 g/mol. The zero-order valence-electron chi connectivity index (χ0n) is 17.8. The maximum atomic E-state index is 12.9. The Morgan fingerprint density at radius 2 is 1.83 bits per heavy atom. The van der Waals surface area contributed by atoms with E-state index in [4.69, 9.17) is 0 Å². The van der Waals surface area contributed by atoms with E-state index < -0.39 is 15.3 Å². The van der Waals surface area contributed by atoms with Crippen LogP contribution in [0.15, 0.2) is 34.3 Å². The van der Waals surface area contributed by atoms with Crippen LogP contribution in [0, 0.1) is 0 Å². The molecule has 1 aliphatic heterocycles. The lowest BCUT2D eigenvalue weighted by Gasteiger charge is -2.26. The van der Waals surface area contributed by atoms with Gasteiger partial charge < -0.3 is 9.88 Å². The molecule has 30 heavy (non-hydrogen) atoms. The van der Waals surface area contributed by atoms with Gasteiger partial charge in [0.05, 0.1) is 10.1 Å². The van der Waals surface area contributed by atoms with Crippen LogP contribution in [-0.2, 0) is 21.9 Å². The van der Waals surface area contributed by atoms with Gasteiger partial charge in [0.1, 0.15) is 5.82 Å². The first-order chi connectivity index (χ1) is 14.2. The highest BCUT2D eigenvalue weighted by Crippen LogP contribution is 2.26. The minimum atomic E-state index is -3.54. The average Bonchev–Trinajstić information content (AvgIpc) is 3.09. The molecule has 3 rings (SSSR count). The number of carbonyl (C=O) groups excluding carboxylic acids is 1. The number of hydrogen-bond donors (Lipinski definition) is 1. The van der Waals surface area contributed by atoms with Crippen LogP contribution in [0.2, 0.25) is 0 Å². The van der Waals surface area contributed by atoms with E-state index in [1.54, 1.807) is 25.1 Å². The lowest BCUT2D eigenvalue weighted by molar-refractivity contribution is -0.115. The van der Waals surface area contributed by atoms with Crippen LogP contribution in [-0.4, -0.2) is 51.7 Å². The number of rotatable bonds is 7. The van der Waals surface area contributed by atoms with Crippen LogP contribution >= 0.6 is 11.8 Å². The van der Waals surface area contributed by atoms with E-state index in [2.05, 4.69) is 15.5 Å². The monoisotopic (exact) mass is 451 g/mol. The lowest BCUT2D eigenvalue weighted by Crippen LogP contribution is -2.35. The fourth-order valence-electron chi connectivity index (χ4n) is 3.38. The molecule has 1 aliphatic rings. The molecule has 1 amide bonds. The van der Waals surface area contributed by atoms with E-state index in [0.717, 1.165) is 25.1 Å². The predicted octanol–water partition coefficient (Wildman–Crippen LogP) is 3.23. The van der Waals surface area contributed by atoms with Crippen molar-refractivity contribution < 1.29 is 13.2 Å². The number of sulfonamides is 1. The van der Waals surface area contributed by atoms with Crippen molar-refractivity contribution >= 4 is 33.4 Å². The number of benzene rings is 1. The van der Waals surface area contributed by atoms with E-state index in [-0.39, 0.29) is 16.7 Å². The van der Waals surface area contributed by atoms with Crippen molar-refractivity contribution in [1.29, 1.82) is 0 Å². The van der Waals surface area contributed by atoms with Crippen molar-refractivity contribution in [3.8, 4) is 0 Å². The first-order valence-corrected chi connectivity index (χ1v) is 12.5. The van der Waals surface area contributed by atoms with E-state index in [1.807, 2.05) is 25.5 Å². The van der Waals surface area contributed by atoms with Crippen molar-refractivity contribution in [2.75, 3.05) is 18.4 Å². The summed E-state index contributed by atoms with van der Waals surface area (Å²) in [6.07, 6.45) is 2.82. The maximum absolute atomic E-state index is 12.9. The number of aromatic nitrogens is 3. The molecule has 2 aromatic rings. The molecule has 0 spiro atoms. The summed E-state index contributed by atoms with van der Waals surface area (Å²) >= 11 is 1.32. The molecule has 0 saturated carbocycles. The van der Waals surface area contributed by atoms with Crippen LogP contribution in [0.4, 0.5) is 5.69 Å². The Morgan fingerprint density at radius 1 is 1.13 bits per heavy atom. The standard InChI is InChI=1S/C20H29N5O3S2/c1-14(2)18-22-23-20(24(18)4)29-15(3)19(26)21-16-9-8-10-17(13-16)30(27,28)25-11-6-5-7-12-25/h8-10,13-15H,5-7,11-12H2,1-4H3,(H,21,26). The van der Waals surface area contributed by atoms with Gasteiger partial charge in [-0.3, -0.25) is 4.79 Å². The Morgan fingerprint density at radius 3 is 2.47 bits per heavy atom. The van der Waals surface area contributed by atoms with Crippen LogP contribution in [0.5, 0.6) is 0 Å². The normalized spacial score (nSPS) is 16.6. The molecule has 1 fully saturated rings. The third-order valence-electron chi connectivity index (χ3n) is 5.09. The molecule has 0 bridgehead atoms. The summed E-state index contributed by atoms with van der Waals surface area (Å²) in [7, 11) is -1.66. The zero-order chi connectivity index (χ0) is 21.9. The average molecular weight is 452 g/mol. The summed E-state index contributed by atoms with van der Waals surface area (Å²) in [5.41, 5.74) is 0.464. The maximum Gasteiger partial charge on any atom is 0.243 e. The van der Waals surface area contributed by atoms with Gasteiger partial charge in [-0.25, -0.2) is 8.42 Å². The van der Waals surface area contributed by atoms with Crippen LogP contribution in [0.3, 0.4) is 0 Å². The Bertz CT molecular complexity index is 998. The minimum absolute atomic E-state index is 0.206. The molecular formula is C20H29N5O3S2. The molecule has 1 aromatic carbocycles. The molecule has 0 radical (unpaired) electrons. The largest absolute Gasteiger partial charge is 0.325 e. The van der Waals surface area contributed by atoms with Gasteiger partial charge in [-0.15, -0.1) is 10.2 Å². The number of nitrogens with zero attached hydrogens (tertiary/aromatic N) is 4. The van der Waals surface area contributed by atoms with Gasteiger partial charge in [0, 0.05) is 31.7 Å². The highest BCUT2D eigenvalue weighted by Gasteiger charge is 2.26. The third kappa shape index (κ3) is 5.04. The van der Waals surface area contributed by atoms with Crippen LogP contribution in [0.25, 0.3) is 0 Å². The van der Waals surface area contributed by atoms with Crippen LogP contribution < -0.4 is 5.32 Å². The second kappa shape index (κ2) is 9.49. The topological polar surface area (TPSA) is 97.2 Å². The lowest BCUT2D eigenvalue weighted by atomic mass is 10.2. The second-order valence-electron chi connectivity index (χ2n) is 7.80. The van der Waals surface area contributed by atoms with E-state index >= 15 is 0 Å². The minimum Gasteiger partial charge on any atom is -0.325 e. The number of thioether (sulfide) groups is 1. The van der Waals surface area contributed by atoms with E-state index in [1.165, 1.54) is 22.1 Å².